The molecule has 0 radical (unpaired) electrons. The maximum Gasteiger partial charge on any atom is 0.335 e. The quantitative estimate of drug-likeness (QED) is 0.487. The van der Waals surface area contributed by atoms with Gasteiger partial charge in [-0.2, -0.15) is 0 Å². The first kappa shape index (κ1) is 21.6. The minimum atomic E-state index is -4.02. The van der Waals surface area contributed by atoms with E-state index in [2.05, 4.69) is 10.0 Å². The monoisotopic (exact) mass is 464 g/mol. The summed E-state index contributed by atoms with van der Waals surface area (Å²) in [4.78, 5) is 23.6. The third-order valence-corrected chi connectivity index (χ3v) is 5.80. The number of nitrogens with one attached hydrogen (secondary N) is 2. The Hall–Kier alpha value is -3.07. The second-order valence-corrected chi connectivity index (χ2v) is 8.64. The number of carbonyl (C=O) groups excluding carboxylic acids is 1. The van der Waals surface area contributed by atoms with Crippen LogP contribution >= 0.6 is 23.2 Å². The predicted octanol–water partition coefficient (Wildman–Crippen LogP) is 4.74. The van der Waals surface area contributed by atoms with Gasteiger partial charge in [0, 0.05) is 15.7 Å². The van der Waals surface area contributed by atoms with E-state index in [0.29, 0.717) is 5.69 Å². The predicted molar refractivity (Wildman–Crippen MR) is 115 cm³/mol. The van der Waals surface area contributed by atoms with Crippen LogP contribution in [0.3, 0.4) is 0 Å². The van der Waals surface area contributed by atoms with E-state index in [0.717, 1.165) is 0 Å². The van der Waals surface area contributed by atoms with Crippen molar-refractivity contribution in [3.05, 3.63) is 87.9 Å². The number of amides is 1. The largest absolute Gasteiger partial charge is 0.478 e. The highest BCUT2D eigenvalue weighted by molar-refractivity contribution is 7.92. The lowest BCUT2D eigenvalue weighted by atomic mass is 10.1. The van der Waals surface area contributed by atoms with Crippen molar-refractivity contribution >= 4 is 56.5 Å². The number of sulfonamides is 1. The van der Waals surface area contributed by atoms with Gasteiger partial charge in [0.1, 0.15) is 0 Å². The fourth-order valence-corrected chi connectivity index (χ4v) is 4.08. The van der Waals surface area contributed by atoms with Crippen molar-refractivity contribution < 1.29 is 23.1 Å². The number of benzene rings is 3. The summed E-state index contributed by atoms with van der Waals surface area (Å²) in [6.07, 6.45) is 0. The lowest BCUT2D eigenvalue weighted by Crippen LogP contribution is -2.18. The molecule has 0 atom stereocenters. The number of carbonyl (C=O) groups is 2. The molecule has 10 heteroatoms. The van der Waals surface area contributed by atoms with Crippen molar-refractivity contribution in [1.29, 1.82) is 0 Å². The molecule has 0 aliphatic rings. The number of rotatable bonds is 6. The molecule has 0 unspecified atom stereocenters. The summed E-state index contributed by atoms with van der Waals surface area (Å²) in [7, 11) is -4.02. The summed E-state index contributed by atoms with van der Waals surface area (Å²) in [6.45, 7) is 0. The Morgan fingerprint density at radius 1 is 0.867 bits per heavy atom. The number of carboxylic acid groups (broad SMARTS) is 1. The first-order chi connectivity index (χ1) is 14.2. The van der Waals surface area contributed by atoms with Gasteiger partial charge in [0.2, 0.25) is 0 Å². The van der Waals surface area contributed by atoms with Crippen LogP contribution in [0.1, 0.15) is 20.7 Å². The lowest BCUT2D eigenvalue weighted by Gasteiger charge is -2.14. The molecule has 3 aromatic rings. The van der Waals surface area contributed by atoms with E-state index in [-0.39, 0.29) is 31.8 Å². The third kappa shape index (κ3) is 5.10. The van der Waals surface area contributed by atoms with Gasteiger partial charge < -0.3 is 10.4 Å². The summed E-state index contributed by atoms with van der Waals surface area (Å²) >= 11 is 11.9. The van der Waals surface area contributed by atoms with Gasteiger partial charge in [-0.1, -0.05) is 29.3 Å². The summed E-state index contributed by atoms with van der Waals surface area (Å²) in [5.74, 6) is -1.73. The van der Waals surface area contributed by atoms with Crippen LogP contribution in [-0.2, 0) is 10.0 Å². The van der Waals surface area contributed by atoms with Gasteiger partial charge >= 0.3 is 5.97 Å². The average Bonchev–Trinajstić information content (AvgIpc) is 2.69. The molecule has 0 saturated heterocycles. The van der Waals surface area contributed by atoms with Gasteiger partial charge in [-0.25, -0.2) is 13.2 Å². The minimum absolute atomic E-state index is 0.0130. The van der Waals surface area contributed by atoms with E-state index in [4.69, 9.17) is 28.3 Å². The van der Waals surface area contributed by atoms with Gasteiger partial charge in [0.05, 0.1) is 21.7 Å². The van der Waals surface area contributed by atoms with E-state index in [9.17, 15) is 18.0 Å². The van der Waals surface area contributed by atoms with Gasteiger partial charge in [0.15, 0.2) is 0 Å². The Morgan fingerprint density at radius 2 is 1.53 bits per heavy atom. The average molecular weight is 465 g/mol. The number of carboxylic acids is 1. The zero-order valence-electron chi connectivity index (χ0n) is 15.1. The molecule has 3 N–H and O–H groups in total. The van der Waals surface area contributed by atoms with E-state index in [1.165, 1.54) is 66.7 Å². The second-order valence-electron chi connectivity index (χ2n) is 6.09. The van der Waals surface area contributed by atoms with Crippen LogP contribution in [0.2, 0.25) is 10.0 Å². The van der Waals surface area contributed by atoms with E-state index >= 15 is 0 Å². The van der Waals surface area contributed by atoms with Crippen molar-refractivity contribution in [2.45, 2.75) is 4.90 Å². The van der Waals surface area contributed by atoms with Crippen molar-refractivity contribution in [2.24, 2.45) is 0 Å². The Bertz CT molecular complexity index is 1230. The molecule has 1 amide bonds. The van der Waals surface area contributed by atoms with Crippen LogP contribution in [0.15, 0.2) is 71.6 Å². The van der Waals surface area contributed by atoms with E-state index in [1.807, 2.05) is 0 Å². The van der Waals surface area contributed by atoms with E-state index in [1.54, 1.807) is 0 Å². The van der Waals surface area contributed by atoms with Crippen molar-refractivity contribution in [3.63, 3.8) is 0 Å². The molecule has 0 saturated carbocycles. The standard InChI is InChI=1S/C20H14Cl2N2O5S/c21-13-2-1-3-16(10-13)30(28,29)24-18-9-6-14(22)11-17(18)19(25)23-15-7-4-12(5-8-15)20(26)27/h1-11,24H,(H,23,25)(H,26,27). The topological polar surface area (TPSA) is 113 Å². The van der Waals surface area contributed by atoms with Crippen molar-refractivity contribution in [1.82, 2.24) is 0 Å². The lowest BCUT2D eigenvalue weighted by molar-refractivity contribution is 0.0696. The molecule has 154 valence electrons. The number of anilines is 2. The molecule has 3 aromatic carbocycles. The van der Waals surface area contributed by atoms with Crippen LogP contribution in [0.25, 0.3) is 0 Å². The van der Waals surface area contributed by atoms with Crippen LogP contribution in [0.4, 0.5) is 11.4 Å². The van der Waals surface area contributed by atoms with Crippen LogP contribution in [0, 0.1) is 0 Å². The smallest absolute Gasteiger partial charge is 0.335 e. The highest BCUT2D eigenvalue weighted by Crippen LogP contribution is 2.26. The second kappa shape index (κ2) is 8.74. The molecule has 7 nitrogen and oxygen atoms in total. The molecule has 0 aromatic heterocycles. The maximum absolute atomic E-state index is 12.7. The molecule has 30 heavy (non-hydrogen) atoms. The van der Waals surface area contributed by atoms with Gasteiger partial charge in [-0.3, -0.25) is 9.52 Å². The molecule has 0 aliphatic carbocycles. The van der Waals surface area contributed by atoms with E-state index < -0.39 is 21.9 Å². The Balaban J connectivity index is 1.89. The van der Waals surface area contributed by atoms with Crippen LogP contribution in [0.5, 0.6) is 0 Å². The number of halogens is 2. The van der Waals surface area contributed by atoms with Gasteiger partial charge in [0.25, 0.3) is 15.9 Å². The summed E-state index contributed by atoms with van der Waals surface area (Å²) < 4.78 is 27.7. The number of hydrogen-bond acceptors (Lipinski definition) is 4. The molecule has 0 aliphatic heterocycles. The highest BCUT2D eigenvalue weighted by atomic mass is 35.5. The highest BCUT2D eigenvalue weighted by Gasteiger charge is 2.20. The molecule has 0 fully saturated rings. The first-order valence-electron chi connectivity index (χ1n) is 8.38. The van der Waals surface area contributed by atoms with Crippen LogP contribution < -0.4 is 10.0 Å². The number of aromatic carboxylic acids is 1. The number of hydrogen-bond donors (Lipinski definition) is 3. The van der Waals surface area contributed by atoms with Crippen LogP contribution in [-0.4, -0.2) is 25.4 Å². The maximum atomic E-state index is 12.7. The minimum Gasteiger partial charge on any atom is -0.478 e. The fraction of sp³-hybridized carbons (Fsp3) is 0. The molecule has 0 heterocycles. The molecule has 0 spiro atoms. The SMILES string of the molecule is O=C(O)c1ccc(NC(=O)c2cc(Cl)ccc2NS(=O)(=O)c2cccc(Cl)c2)cc1. The Morgan fingerprint density at radius 3 is 2.17 bits per heavy atom. The summed E-state index contributed by atoms with van der Waals surface area (Å²) in [5, 5.41) is 12.0. The fourth-order valence-electron chi connectivity index (χ4n) is 2.53. The van der Waals surface area contributed by atoms with Crippen molar-refractivity contribution in [2.75, 3.05) is 10.0 Å². The molecular formula is C20H14Cl2N2O5S. The molecule has 0 bridgehead atoms. The normalized spacial score (nSPS) is 11.0. The third-order valence-electron chi connectivity index (χ3n) is 3.97. The molecule has 3 rings (SSSR count). The zero-order valence-corrected chi connectivity index (χ0v) is 17.4. The first-order valence-corrected chi connectivity index (χ1v) is 10.6. The Labute approximate surface area is 182 Å². The van der Waals surface area contributed by atoms with Crippen molar-refractivity contribution in [3.8, 4) is 0 Å². The van der Waals surface area contributed by atoms with Gasteiger partial charge in [-0.05, 0) is 60.7 Å². The Kier molecular flexibility index (Phi) is 6.31. The zero-order chi connectivity index (χ0) is 21.9. The van der Waals surface area contributed by atoms with Gasteiger partial charge in [-0.15, -0.1) is 0 Å². The summed E-state index contributed by atoms with van der Waals surface area (Å²) in [5.41, 5.74) is 0.383. The molecular weight excluding hydrogens is 451 g/mol. The summed E-state index contributed by atoms with van der Waals surface area (Å²) in [6, 6.07) is 15.3.